The third-order valence-electron chi connectivity index (χ3n) is 4.26. The molecule has 0 saturated heterocycles. The average molecular weight is 323 g/mol. The number of para-hydroxylation sites is 1. The Morgan fingerprint density at radius 1 is 1.04 bits per heavy atom. The second-order valence-electron chi connectivity index (χ2n) is 7.18. The van der Waals surface area contributed by atoms with Crippen molar-refractivity contribution >= 4 is 11.0 Å². The lowest BCUT2D eigenvalue weighted by atomic mass is 9.82. The molecule has 0 fully saturated rings. The minimum absolute atomic E-state index is 0.102. The molecule has 1 aromatic heterocycles. The van der Waals surface area contributed by atoms with Gasteiger partial charge in [0.05, 0.1) is 13.7 Å². The van der Waals surface area contributed by atoms with Crippen LogP contribution in [-0.4, -0.2) is 7.11 Å². The summed E-state index contributed by atoms with van der Waals surface area (Å²) in [6.45, 7) is 7.42. The van der Waals surface area contributed by atoms with E-state index in [2.05, 4.69) is 62.5 Å². The minimum Gasteiger partial charge on any atom is -0.493 e. The third-order valence-corrected chi connectivity index (χ3v) is 4.26. The first kappa shape index (κ1) is 16.6. The number of methoxy groups -OCH3 is 1. The van der Waals surface area contributed by atoms with Crippen molar-refractivity contribution in [2.24, 2.45) is 5.41 Å². The number of nitrogens with one attached hydrogen (secondary N) is 1. The van der Waals surface area contributed by atoms with Crippen molar-refractivity contribution in [2.45, 2.75) is 33.4 Å². The molecule has 24 heavy (non-hydrogen) atoms. The molecular weight excluding hydrogens is 298 g/mol. The van der Waals surface area contributed by atoms with Crippen molar-refractivity contribution in [3.63, 3.8) is 0 Å². The Bertz CT molecular complexity index is 800. The fraction of sp³-hybridized carbons (Fsp3) is 0.333. The van der Waals surface area contributed by atoms with Gasteiger partial charge in [0.15, 0.2) is 11.3 Å². The van der Waals surface area contributed by atoms with E-state index < -0.39 is 0 Å². The van der Waals surface area contributed by atoms with E-state index in [4.69, 9.17) is 9.15 Å². The first-order valence-corrected chi connectivity index (χ1v) is 8.33. The van der Waals surface area contributed by atoms with Gasteiger partial charge in [-0.05, 0) is 23.1 Å². The molecule has 3 aromatic rings. The van der Waals surface area contributed by atoms with E-state index in [1.165, 1.54) is 5.56 Å². The van der Waals surface area contributed by atoms with Crippen molar-refractivity contribution in [1.29, 1.82) is 0 Å². The smallest absolute Gasteiger partial charge is 0.176 e. The summed E-state index contributed by atoms with van der Waals surface area (Å²) in [5.41, 5.74) is 2.20. The molecule has 2 aromatic carbocycles. The Balaban J connectivity index is 1.82. The summed E-state index contributed by atoms with van der Waals surface area (Å²) in [6.07, 6.45) is 0. The largest absolute Gasteiger partial charge is 0.493 e. The molecule has 1 heterocycles. The first-order chi connectivity index (χ1) is 11.5. The van der Waals surface area contributed by atoms with Crippen LogP contribution in [0, 0.1) is 5.41 Å². The second-order valence-corrected chi connectivity index (χ2v) is 7.18. The van der Waals surface area contributed by atoms with Gasteiger partial charge in [-0.1, -0.05) is 63.2 Å². The Morgan fingerprint density at radius 2 is 1.79 bits per heavy atom. The molecule has 0 aliphatic heterocycles. The van der Waals surface area contributed by atoms with Crippen molar-refractivity contribution in [1.82, 2.24) is 5.32 Å². The molecule has 3 heteroatoms. The summed E-state index contributed by atoms with van der Waals surface area (Å²) in [5.74, 6) is 1.69. The van der Waals surface area contributed by atoms with Gasteiger partial charge in [-0.2, -0.15) is 0 Å². The maximum atomic E-state index is 6.00. The van der Waals surface area contributed by atoms with Gasteiger partial charge >= 0.3 is 0 Å². The number of ether oxygens (including phenoxy) is 1. The van der Waals surface area contributed by atoms with Crippen LogP contribution in [0.4, 0.5) is 0 Å². The monoisotopic (exact) mass is 323 g/mol. The van der Waals surface area contributed by atoms with Crippen LogP contribution in [0.3, 0.4) is 0 Å². The lowest BCUT2D eigenvalue weighted by Crippen LogP contribution is -2.31. The number of benzene rings is 2. The fourth-order valence-electron chi connectivity index (χ4n) is 3.11. The molecule has 0 aliphatic carbocycles. The number of fused-ring (bicyclic) bond motifs is 1. The molecule has 3 nitrogen and oxygen atoms in total. The van der Waals surface area contributed by atoms with Gasteiger partial charge in [0, 0.05) is 11.4 Å². The molecular formula is C21H25NO2. The van der Waals surface area contributed by atoms with E-state index in [9.17, 15) is 0 Å². The van der Waals surface area contributed by atoms with E-state index in [1.807, 2.05) is 18.2 Å². The van der Waals surface area contributed by atoms with Crippen LogP contribution < -0.4 is 10.1 Å². The predicted octanol–water partition coefficient (Wildman–Crippen LogP) is 5.32. The van der Waals surface area contributed by atoms with Gasteiger partial charge in [-0.3, -0.25) is 0 Å². The van der Waals surface area contributed by atoms with Crippen molar-refractivity contribution in [2.75, 3.05) is 7.11 Å². The molecule has 126 valence electrons. The highest BCUT2D eigenvalue weighted by Crippen LogP contribution is 2.34. The third kappa shape index (κ3) is 3.46. The van der Waals surface area contributed by atoms with Crippen LogP contribution >= 0.6 is 0 Å². The minimum atomic E-state index is 0.102. The summed E-state index contributed by atoms with van der Waals surface area (Å²) < 4.78 is 11.4. The van der Waals surface area contributed by atoms with Crippen LogP contribution in [0.15, 0.2) is 59.0 Å². The molecule has 1 unspecified atom stereocenters. The van der Waals surface area contributed by atoms with Crippen LogP contribution in [0.1, 0.15) is 38.1 Å². The average Bonchev–Trinajstić information content (AvgIpc) is 2.97. The Hall–Kier alpha value is -2.26. The van der Waals surface area contributed by atoms with Crippen molar-refractivity contribution in [3.8, 4) is 5.75 Å². The van der Waals surface area contributed by atoms with Gasteiger partial charge in [-0.15, -0.1) is 0 Å². The molecule has 0 spiro atoms. The van der Waals surface area contributed by atoms with E-state index >= 15 is 0 Å². The highest BCUT2D eigenvalue weighted by molar-refractivity contribution is 5.83. The van der Waals surface area contributed by atoms with Crippen LogP contribution in [-0.2, 0) is 6.54 Å². The maximum Gasteiger partial charge on any atom is 0.176 e. The molecule has 0 amide bonds. The number of hydrogen-bond donors (Lipinski definition) is 1. The zero-order valence-electron chi connectivity index (χ0n) is 14.8. The Morgan fingerprint density at radius 3 is 2.46 bits per heavy atom. The lowest BCUT2D eigenvalue weighted by Gasteiger charge is -2.32. The quantitative estimate of drug-likeness (QED) is 0.690. The van der Waals surface area contributed by atoms with Crippen molar-refractivity contribution in [3.05, 3.63) is 65.9 Å². The predicted molar refractivity (Wildman–Crippen MR) is 98.2 cm³/mol. The highest BCUT2D eigenvalue weighted by atomic mass is 16.5. The topological polar surface area (TPSA) is 34.4 Å². The molecule has 1 atom stereocenters. The van der Waals surface area contributed by atoms with Gasteiger partial charge in [0.25, 0.3) is 0 Å². The summed E-state index contributed by atoms with van der Waals surface area (Å²) in [4.78, 5) is 0. The van der Waals surface area contributed by atoms with Gasteiger partial charge < -0.3 is 14.5 Å². The lowest BCUT2D eigenvalue weighted by molar-refractivity contribution is 0.265. The summed E-state index contributed by atoms with van der Waals surface area (Å²) >= 11 is 0. The first-order valence-electron chi connectivity index (χ1n) is 8.33. The fourth-order valence-corrected chi connectivity index (χ4v) is 3.11. The van der Waals surface area contributed by atoms with E-state index in [-0.39, 0.29) is 11.5 Å². The van der Waals surface area contributed by atoms with Crippen molar-refractivity contribution < 1.29 is 9.15 Å². The SMILES string of the molecule is COc1cccc2cc(CNC(c3ccccc3)C(C)(C)C)oc12. The standard InChI is InChI=1S/C21H25NO2/c1-21(2,3)20(15-9-6-5-7-10-15)22-14-17-13-16-11-8-12-18(23-4)19(16)24-17/h5-13,20,22H,14H2,1-4H3. The number of furan rings is 1. The Labute approximate surface area is 143 Å². The molecule has 0 radical (unpaired) electrons. The number of rotatable bonds is 5. The summed E-state index contributed by atoms with van der Waals surface area (Å²) in [7, 11) is 1.67. The maximum absolute atomic E-state index is 6.00. The summed E-state index contributed by atoms with van der Waals surface area (Å²) in [6, 6.07) is 18.8. The van der Waals surface area contributed by atoms with E-state index in [0.29, 0.717) is 6.54 Å². The van der Waals surface area contributed by atoms with Gasteiger partial charge in [-0.25, -0.2) is 0 Å². The van der Waals surface area contributed by atoms with Gasteiger partial charge in [0.1, 0.15) is 5.76 Å². The Kier molecular flexibility index (Phi) is 4.63. The zero-order chi connectivity index (χ0) is 17.2. The molecule has 0 saturated carbocycles. The molecule has 0 bridgehead atoms. The summed E-state index contributed by atoms with van der Waals surface area (Å²) in [5, 5.41) is 4.72. The van der Waals surface area contributed by atoms with Crippen LogP contribution in [0.5, 0.6) is 5.75 Å². The number of hydrogen-bond acceptors (Lipinski definition) is 3. The molecule has 0 aliphatic rings. The molecule has 1 N–H and O–H groups in total. The van der Waals surface area contributed by atoms with E-state index in [0.717, 1.165) is 22.5 Å². The normalized spacial score (nSPS) is 13.2. The van der Waals surface area contributed by atoms with Crippen LogP contribution in [0.25, 0.3) is 11.0 Å². The zero-order valence-corrected chi connectivity index (χ0v) is 14.8. The van der Waals surface area contributed by atoms with E-state index in [1.54, 1.807) is 7.11 Å². The highest BCUT2D eigenvalue weighted by Gasteiger charge is 2.26. The molecule has 3 rings (SSSR count). The van der Waals surface area contributed by atoms with Gasteiger partial charge in [0.2, 0.25) is 0 Å². The van der Waals surface area contributed by atoms with Crippen LogP contribution in [0.2, 0.25) is 0 Å². The second kappa shape index (κ2) is 6.70.